The van der Waals surface area contributed by atoms with Gasteiger partial charge in [0.25, 0.3) is 0 Å². The lowest BCUT2D eigenvalue weighted by Crippen LogP contribution is -2.19. The molecule has 0 aliphatic heterocycles. The third-order valence-electron chi connectivity index (χ3n) is 2.75. The lowest BCUT2D eigenvalue weighted by molar-refractivity contribution is -0.123. The van der Waals surface area contributed by atoms with Crippen LogP contribution in [0.5, 0.6) is 0 Å². The van der Waals surface area contributed by atoms with Crippen molar-refractivity contribution in [3.05, 3.63) is 12.2 Å². The molecule has 0 heterocycles. The molecule has 0 radical (unpaired) electrons. The number of carbonyl (C=O) groups excluding carboxylic acids is 1. The normalized spacial score (nSPS) is 35.1. The minimum atomic E-state index is -0.441. The van der Waals surface area contributed by atoms with Crippen molar-refractivity contribution in [2.75, 3.05) is 0 Å². The van der Waals surface area contributed by atoms with Crippen LogP contribution in [0.1, 0.15) is 26.7 Å². The molecule has 0 amide bonds. The van der Waals surface area contributed by atoms with Gasteiger partial charge in [-0.15, -0.1) is 0 Å². The molecule has 0 aromatic carbocycles. The second-order valence-corrected chi connectivity index (χ2v) is 3.80. The molecule has 3 atom stereocenters. The summed E-state index contributed by atoms with van der Waals surface area (Å²) in [6.45, 7) is 7.35. The lowest BCUT2D eigenvalue weighted by Gasteiger charge is -2.08. The fraction of sp³-hybridized carbons (Fsp3) is 0.700. The van der Waals surface area contributed by atoms with E-state index in [2.05, 4.69) is 6.58 Å². The van der Waals surface area contributed by atoms with Crippen molar-refractivity contribution in [1.29, 1.82) is 0 Å². The molecule has 1 fully saturated rings. The summed E-state index contributed by atoms with van der Waals surface area (Å²) in [5, 5.41) is 9.52. The summed E-state index contributed by atoms with van der Waals surface area (Å²) in [6.07, 6.45) is 1.05. The van der Waals surface area contributed by atoms with E-state index >= 15 is 0 Å². The van der Waals surface area contributed by atoms with Crippen LogP contribution in [0.2, 0.25) is 0 Å². The van der Waals surface area contributed by atoms with Gasteiger partial charge in [0.1, 0.15) is 5.78 Å². The van der Waals surface area contributed by atoms with Gasteiger partial charge in [0.2, 0.25) is 0 Å². The molecule has 0 unspecified atom stereocenters. The first-order chi connectivity index (χ1) is 5.52. The van der Waals surface area contributed by atoms with Crippen LogP contribution < -0.4 is 0 Å². The van der Waals surface area contributed by atoms with E-state index in [0.29, 0.717) is 12.3 Å². The Bertz CT molecular complexity index is 208. The van der Waals surface area contributed by atoms with Crippen LogP contribution in [0.15, 0.2) is 12.2 Å². The van der Waals surface area contributed by atoms with Crippen LogP contribution in [0.3, 0.4) is 0 Å². The van der Waals surface area contributed by atoms with Gasteiger partial charge in [0.15, 0.2) is 0 Å². The lowest BCUT2D eigenvalue weighted by atomic mass is 9.97. The van der Waals surface area contributed by atoms with Crippen molar-refractivity contribution in [3.63, 3.8) is 0 Å². The minimum absolute atomic E-state index is 0.103. The third-order valence-corrected chi connectivity index (χ3v) is 2.75. The summed E-state index contributed by atoms with van der Waals surface area (Å²) < 4.78 is 0. The molecule has 68 valence electrons. The molecule has 0 aromatic rings. The molecule has 0 saturated heterocycles. The van der Waals surface area contributed by atoms with Crippen molar-refractivity contribution in [2.24, 2.45) is 11.8 Å². The van der Waals surface area contributed by atoms with E-state index in [9.17, 15) is 9.90 Å². The summed E-state index contributed by atoms with van der Waals surface area (Å²) in [6, 6.07) is 0. The minimum Gasteiger partial charge on any atom is -0.392 e. The Morgan fingerprint density at radius 1 is 1.42 bits per heavy atom. The Balaban J connectivity index is 2.62. The highest BCUT2D eigenvalue weighted by atomic mass is 16.3. The summed E-state index contributed by atoms with van der Waals surface area (Å²) in [4.78, 5) is 11.0. The van der Waals surface area contributed by atoms with Crippen LogP contribution in [-0.2, 0) is 4.79 Å². The van der Waals surface area contributed by atoms with Crippen LogP contribution >= 0.6 is 0 Å². The van der Waals surface area contributed by atoms with E-state index in [1.54, 1.807) is 6.92 Å². The number of hydrogen-bond donors (Lipinski definition) is 1. The van der Waals surface area contributed by atoms with E-state index in [4.69, 9.17) is 0 Å². The maximum Gasteiger partial charge on any atom is 0.135 e. The van der Waals surface area contributed by atoms with Gasteiger partial charge in [-0.3, -0.25) is 4.79 Å². The second kappa shape index (κ2) is 3.40. The van der Waals surface area contributed by atoms with Gasteiger partial charge >= 0.3 is 0 Å². The summed E-state index contributed by atoms with van der Waals surface area (Å²) in [5.41, 5.74) is 1.08. The van der Waals surface area contributed by atoms with Gasteiger partial charge in [-0.2, -0.15) is 0 Å². The zero-order valence-corrected chi connectivity index (χ0v) is 7.71. The first kappa shape index (κ1) is 9.46. The Hall–Kier alpha value is -0.630. The first-order valence-electron chi connectivity index (χ1n) is 4.36. The second-order valence-electron chi connectivity index (χ2n) is 3.80. The molecular formula is C10H16O2. The van der Waals surface area contributed by atoms with E-state index in [1.807, 2.05) is 6.92 Å². The summed E-state index contributed by atoms with van der Waals surface area (Å²) >= 11 is 0. The maximum absolute atomic E-state index is 11.0. The van der Waals surface area contributed by atoms with Gasteiger partial charge < -0.3 is 5.11 Å². The number of Topliss-reactive ketones (excluding diaryl/α,β-unsaturated/α-hetero) is 1. The molecule has 0 bridgehead atoms. The van der Waals surface area contributed by atoms with Gasteiger partial charge in [-0.25, -0.2) is 0 Å². The Labute approximate surface area is 73.3 Å². The number of hydrogen-bond acceptors (Lipinski definition) is 2. The average molecular weight is 168 g/mol. The van der Waals surface area contributed by atoms with Crippen LogP contribution in [-0.4, -0.2) is 17.0 Å². The number of aliphatic hydroxyl groups excluding tert-OH is 1. The number of rotatable bonds is 2. The van der Waals surface area contributed by atoms with Crippen molar-refractivity contribution in [2.45, 2.75) is 32.8 Å². The maximum atomic E-state index is 11.0. The van der Waals surface area contributed by atoms with Crippen LogP contribution in [0, 0.1) is 11.8 Å². The highest BCUT2D eigenvalue weighted by Crippen LogP contribution is 2.35. The summed E-state index contributed by atoms with van der Waals surface area (Å²) in [5.74, 6) is 0.298. The average Bonchev–Trinajstić information content (AvgIpc) is 2.30. The predicted molar refractivity (Wildman–Crippen MR) is 47.7 cm³/mol. The zero-order valence-electron chi connectivity index (χ0n) is 7.71. The largest absolute Gasteiger partial charge is 0.392 e. The standard InChI is InChI=1S/C10H16O2/c1-6(2)8-4-9(7(3)11)10(12)5-8/h8-10,12H,1,4-5H2,2-3H3/t8-,9-,10-/m0/s1. The Morgan fingerprint density at radius 2 is 2.00 bits per heavy atom. The molecule has 2 heteroatoms. The zero-order chi connectivity index (χ0) is 9.30. The molecule has 1 N–H and O–H groups in total. The van der Waals surface area contributed by atoms with E-state index < -0.39 is 6.10 Å². The molecule has 1 rings (SSSR count). The van der Waals surface area contributed by atoms with Gasteiger partial charge in [0.05, 0.1) is 6.10 Å². The number of aliphatic hydroxyl groups is 1. The monoisotopic (exact) mass is 168 g/mol. The molecule has 2 nitrogen and oxygen atoms in total. The fourth-order valence-electron chi connectivity index (χ4n) is 1.85. The molecule has 1 saturated carbocycles. The van der Waals surface area contributed by atoms with Gasteiger partial charge in [-0.1, -0.05) is 12.2 Å². The number of allylic oxidation sites excluding steroid dienone is 1. The van der Waals surface area contributed by atoms with Gasteiger partial charge in [-0.05, 0) is 32.6 Å². The van der Waals surface area contributed by atoms with Crippen LogP contribution in [0.25, 0.3) is 0 Å². The SMILES string of the molecule is C=C(C)[C@@H]1C[C@H](O)[C@H](C(C)=O)C1. The smallest absolute Gasteiger partial charge is 0.135 e. The highest BCUT2D eigenvalue weighted by Gasteiger charge is 2.35. The van der Waals surface area contributed by atoms with Crippen molar-refractivity contribution >= 4 is 5.78 Å². The van der Waals surface area contributed by atoms with Crippen molar-refractivity contribution in [1.82, 2.24) is 0 Å². The van der Waals surface area contributed by atoms with Gasteiger partial charge in [0, 0.05) is 5.92 Å². The molecule has 1 aliphatic rings. The van der Waals surface area contributed by atoms with E-state index in [0.717, 1.165) is 12.0 Å². The summed E-state index contributed by atoms with van der Waals surface area (Å²) in [7, 11) is 0. The van der Waals surface area contributed by atoms with Crippen LogP contribution in [0.4, 0.5) is 0 Å². The molecule has 0 aromatic heterocycles. The van der Waals surface area contributed by atoms with E-state index in [1.165, 1.54) is 0 Å². The molecule has 1 aliphatic carbocycles. The van der Waals surface area contributed by atoms with Crippen molar-refractivity contribution in [3.8, 4) is 0 Å². The fourth-order valence-corrected chi connectivity index (χ4v) is 1.85. The highest BCUT2D eigenvalue weighted by molar-refractivity contribution is 5.79. The Morgan fingerprint density at radius 3 is 2.25 bits per heavy atom. The topological polar surface area (TPSA) is 37.3 Å². The Kier molecular flexibility index (Phi) is 2.68. The molecular weight excluding hydrogens is 152 g/mol. The third kappa shape index (κ3) is 1.75. The quantitative estimate of drug-likeness (QED) is 0.635. The van der Waals surface area contributed by atoms with Crippen molar-refractivity contribution < 1.29 is 9.90 Å². The number of carbonyl (C=O) groups is 1. The molecule has 12 heavy (non-hydrogen) atoms. The van der Waals surface area contributed by atoms with E-state index in [-0.39, 0.29) is 11.7 Å². The first-order valence-corrected chi connectivity index (χ1v) is 4.36. The molecule has 0 spiro atoms. The number of ketones is 1. The predicted octanol–water partition coefficient (Wildman–Crippen LogP) is 1.54.